The molecule has 0 unspecified atom stereocenters. The number of nitrogens with zero attached hydrogens (tertiary/aromatic N) is 1. The Balaban J connectivity index is 0.00000529. The normalized spacial score (nSPS) is 10.8. The molecule has 7 heteroatoms. The number of anilines is 1. The Labute approximate surface area is 167 Å². The molecule has 0 spiro atoms. The largest absolute Gasteiger partial charge is 0.356 e. The van der Waals surface area contributed by atoms with E-state index in [-0.39, 0.29) is 29.9 Å². The van der Waals surface area contributed by atoms with Crippen molar-refractivity contribution >= 4 is 53.1 Å². The molecule has 0 bridgehead atoms. The Morgan fingerprint density at radius 3 is 2.58 bits per heavy atom. The molecule has 0 saturated heterocycles. The first-order chi connectivity index (χ1) is 11.1. The standard InChI is InChI=1S/C17H27ClN4O.HI/c1-4-5-6-11-20-17(19-3)21-12-10-16(23)22-15-9-7-8-14(18)13(15)2;/h7-9H,4-6,10-12H2,1-3H3,(H,22,23)(H2,19,20,21);1H. The number of carbonyl (C=O) groups excluding carboxylic acids is 1. The average molecular weight is 467 g/mol. The second-order valence-corrected chi connectivity index (χ2v) is 5.75. The van der Waals surface area contributed by atoms with Gasteiger partial charge in [-0.25, -0.2) is 0 Å². The van der Waals surface area contributed by atoms with Crippen LogP contribution in [0.5, 0.6) is 0 Å². The number of hydrogen-bond donors (Lipinski definition) is 3. The molecule has 0 aliphatic heterocycles. The lowest BCUT2D eigenvalue weighted by Crippen LogP contribution is -2.39. The van der Waals surface area contributed by atoms with Crippen molar-refractivity contribution in [1.82, 2.24) is 10.6 Å². The molecule has 0 radical (unpaired) electrons. The van der Waals surface area contributed by atoms with Gasteiger partial charge in [0.2, 0.25) is 5.91 Å². The number of benzene rings is 1. The maximum absolute atomic E-state index is 12.0. The van der Waals surface area contributed by atoms with E-state index in [9.17, 15) is 4.79 Å². The van der Waals surface area contributed by atoms with Crippen molar-refractivity contribution in [2.24, 2.45) is 4.99 Å². The highest BCUT2D eigenvalue weighted by molar-refractivity contribution is 14.0. The van der Waals surface area contributed by atoms with Gasteiger partial charge in [-0.05, 0) is 31.0 Å². The van der Waals surface area contributed by atoms with Gasteiger partial charge >= 0.3 is 0 Å². The van der Waals surface area contributed by atoms with Crippen LogP contribution in [0.25, 0.3) is 0 Å². The highest BCUT2D eigenvalue weighted by atomic mass is 127. The van der Waals surface area contributed by atoms with Crippen LogP contribution in [0.4, 0.5) is 5.69 Å². The molecule has 1 rings (SSSR count). The third kappa shape index (κ3) is 8.73. The molecule has 24 heavy (non-hydrogen) atoms. The van der Waals surface area contributed by atoms with Gasteiger partial charge in [0, 0.05) is 37.3 Å². The zero-order chi connectivity index (χ0) is 17.1. The number of aliphatic imine (C=N–C) groups is 1. The fourth-order valence-corrected chi connectivity index (χ4v) is 2.23. The molecule has 0 aromatic heterocycles. The van der Waals surface area contributed by atoms with Gasteiger partial charge in [-0.15, -0.1) is 24.0 Å². The van der Waals surface area contributed by atoms with Gasteiger partial charge in [0.1, 0.15) is 0 Å². The number of unbranched alkanes of at least 4 members (excludes halogenated alkanes) is 2. The predicted octanol–water partition coefficient (Wildman–Crippen LogP) is 3.95. The van der Waals surface area contributed by atoms with Crippen LogP contribution in [0.15, 0.2) is 23.2 Å². The van der Waals surface area contributed by atoms with E-state index in [2.05, 4.69) is 27.9 Å². The van der Waals surface area contributed by atoms with Gasteiger partial charge in [-0.3, -0.25) is 9.79 Å². The SMILES string of the molecule is CCCCCNC(=NC)NCCC(=O)Nc1cccc(Cl)c1C.I. The Hall–Kier alpha value is -1.02. The molecule has 0 aliphatic rings. The summed E-state index contributed by atoms with van der Waals surface area (Å²) in [5, 5.41) is 9.90. The molecular formula is C17H28ClIN4O. The highest BCUT2D eigenvalue weighted by Gasteiger charge is 2.07. The summed E-state index contributed by atoms with van der Waals surface area (Å²) >= 11 is 6.05. The zero-order valence-corrected chi connectivity index (χ0v) is 17.7. The molecule has 1 aromatic carbocycles. The number of rotatable bonds is 8. The lowest BCUT2D eigenvalue weighted by atomic mass is 10.2. The summed E-state index contributed by atoms with van der Waals surface area (Å²) in [7, 11) is 1.73. The number of amides is 1. The van der Waals surface area contributed by atoms with Crippen molar-refractivity contribution in [3.8, 4) is 0 Å². The van der Waals surface area contributed by atoms with E-state index in [1.54, 1.807) is 7.05 Å². The lowest BCUT2D eigenvalue weighted by Gasteiger charge is -2.12. The van der Waals surface area contributed by atoms with Gasteiger partial charge in [0.25, 0.3) is 0 Å². The number of halogens is 2. The molecule has 0 saturated carbocycles. The second kappa shape index (κ2) is 13.3. The van der Waals surface area contributed by atoms with E-state index in [1.165, 1.54) is 12.8 Å². The Kier molecular flexibility index (Phi) is 12.7. The maximum Gasteiger partial charge on any atom is 0.226 e. The van der Waals surface area contributed by atoms with Crippen molar-refractivity contribution < 1.29 is 4.79 Å². The highest BCUT2D eigenvalue weighted by Crippen LogP contribution is 2.22. The molecule has 1 aromatic rings. The van der Waals surface area contributed by atoms with E-state index in [1.807, 2.05) is 25.1 Å². The number of carbonyl (C=O) groups is 1. The summed E-state index contributed by atoms with van der Waals surface area (Å²) in [6.07, 6.45) is 3.87. The lowest BCUT2D eigenvalue weighted by molar-refractivity contribution is -0.116. The van der Waals surface area contributed by atoms with E-state index in [0.717, 1.165) is 30.2 Å². The molecule has 0 heterocycles. The van der Waals surface area contributed by atoms with Gasteiger partial charge in [0.15, 0.2) is 5.96 Å². The van der Waals surface area contributed by atoms with Crippen LogP contribution in [0.3, 0.4) is 0 Å². The minimum Gasteiger partial charge on any atom is -0.356 e. The summed E-state index contributed by atoms with van der Waals surface area (Å²) in [4.78, 5) is 16.1. The van der Waals surface area contributed by atoms with Crippen molar-refractivity contribution in [1.29, 1.82) is 0 Å². The van der Waals surface area contributed by atoms with Crippen LogP contribution < -0.4 is 16.0 Å². The summed E-state index contributed by atoms with van der Waals surface area (Å²) in [5.74, 6) is 0.678. The van der Waals surface area contributed by atoms with Crippen molar-refractivity contribution in [2.75, 3.05) is 25.5 Å². The van der Waals surface area contributed by atoms with E-state index < -0.39 is 0 Å². The molecular weight excluding hydrogens is 439 g/mol. The summed E-state index contributed by atoms with van der Waals surface area (Å²) < 4.78 is 0. The van der Waals surface area contributed by atoms with Gasteiger partial charge in [0.05, 0.1) is 0 Å². The molecule has 3 N–H and O–H groups in total. The summed E-state index contributed by atoms with van der Waals surface area (Å²) in [5.41, 5.74) is 1.63. The monoisotopic (exact) mass is 466 g/mol. The van der Waals surface area contributed by atoms with Crippen LogP contribution in [-0.2, 0) is 4.79 Å². The van der Waals surface area contributed by atoms with Crippen molar-refractivity contribution in [3.05, 3.63) is 28.8 Å². The molecule has 0 fully saturated rings. The van der Waals surface area contributed by atoms with Crippen LogP contribution in [0, 0.1) is 6.92 Å². The van der Waals surface area contributed by atoms with Crippen LogP contribution in [0.2, 0.25) is 5.02 Å². The first-order valence-corrected chi connectivity index (χ1v) is 8.45. The first-order valence-electron chi connectivity index (χ1n) is 8.08. The van der Waals surface area contributed by atoms with Crippen LogP contribution in [-0.4, -0.2) is 32.0 Å². The van der Waals surface area contributed by atoms with Gasteiger partial charge < -0.3 is 16.0 Å². The predicted molar refractivity (Wildman–Crippen MR) is 114 cm³/mol. The first kappa shape index (κ1) is 23.0. The molecule has 0 aliphatic carbocycles. The molecule has 5 nitrogen and oxygen atoms in total. The summed E-state index contributed by atoms with van der Waals surface area (Å²) in [6, 6.07) is 5.48. The van der Waals surface area contributed by atoms with Crippen molar-refractivity contribution in [3.63, 3.8) is 0 Å². The quantitative estimate of drug-likeness (QED) is 0.235. The minimum atomic E-state index is -0.0516. The van der Waals surface area contributed by atoms with Gasteiger partial charge in [-0.1, -0.05) is 37.4 Å². The number of guanidine groups is 1. The Morgan fingerprint density at radius 2 is 1.92 bits per heavy atom. The average Bonchev–Trinajstić information content (AvgIpc) is 2.54. The Bertz CT molecular complexity index is 537. The Morgan fingerprint density at radius 1 is 1.21 bits per heavy atom. The van der Waals surface area contributed by atoms with E-state index in [0.29, 0.717) is 18.0 Å². The molecule has 1 amide bonds. The number of nitrogens with one attached hydrogen (secondary N) is 3. The number of hydrogen-bond acceptors (Lipinski definition) is 2. The molecule has 136 valence electrons. The van der Waals surface area contributed by atoms with E-state index >= 15 is 0 Å². The topological polar surface area (TPSA) is 65.5 Å². The third-order valence-electron chi connectivity index (χ3n) is 3.48. The third-order valence-corrected chi connectivity index (χ3v) is 3.89. The zero-order valence-electron chi connectivity index (χ0n) is 14.6. The van der Waals surface area contributed by atoms with Crippen molar-refractivity contribution in [2.45, 2.75) is 39.5 Å². The van der Waals surface area contributed by atoms with Crippen LogP contribution >= 0.6 is 35.6 Å². The maximum atomic E-state index is 12.0. The van der Waals surface area contributed by atoms with Crippen LogP contribution in [0.1, 0.15) is 38.2 Å². The second-order valence-electron chi connectivity index (χ2n) is 5.34. The summed E-state index contributed by atoms with van der Waals surface area (Å²) in [6.45, 7) is 5.48. The smallest absolute Gasteiger partial charge is 0.226 e. The van der Waals surface area contributed by atoms with E-state index in [4.69, 9.17) is 11.6 Å². The fourth-order valence-electron chi connectivity index (χ4n) is 2.05. The molecule has 0 atom stereocenters. The minimum absolute atomic E-state index is 0. The van der Waals surface area contributed by atoms with Gasteiger partial charge in [-0.2, -0.15) is 0 Å². The fraction of sp³-hybridized carbons (Fsp3) is 0.529.